The molecule has 0 N–H and O–H groups in total. The lowest BCUT2D eigenvalue weighted by Gasteiger charge is -2.57. The van der Waals surface area contributed by atoms with Crippen molar-refractivity contribution in [2.24, 2.45) is 5.92 Å². The van der Waals surface area contributed by atoms with E-state index in [1.165, 1.54) is 30.8 Å². The Kier molecular flexibility index (Phi) is 5.45. The number of hydrogen-bond acceptors (Lipinski definition) is 4. The lowest BCUT2D eigenvalue weighted by Crippen LogP contribution is -2.49. The summed E-state index contributed by atoms with van der Waals surface area (Å²) < 4.78 is 9.50. The second-order valence-electron chi connectivity index (χ2n) is 12.2. The van der Waals surface area contributed by atoms with Gasteiger partial charge in [0.05, 0.1) is 15.8 Å². The number of para-hydroxylation sites is 2. The molecule has 0 saturated heterocycles. The molecular weight excluding hydrogens is 565 g/mol. The van der Waals surface area contributed by atoms with Crippen molar-refractivity contribution in [3.63, 3.8) is 0 Å². The molecule has 5 aliphatic rings. The van der Waals surface area contributed by atoms with Gasteiger partial charge in [0.15, 0.2) is 0 Å². The van der Waals surface area contributed by atoms with Gasteiger partial charge in [-0.05, 0) is 54.1 Å². The number of rotatable bonds is 1. The number of hydrogen-bond donors (Lipinski definition) is 0. The Morgan fingerprint density at radius 3 is 2.40 bits per heavy atom. The standard InChI is InChI=1S/C38H32N2OS2/c1-38(2)27-13-3-5-15-29(27)40(30-16-6-4-14-28(30)38)26-22-23-35-32(25-26)41-31-17-7-9-19-34(31)43(35)36-20-10-8-18-33(36)42-37-21-11-12-24-39(37)43/h3-25,27,29,37H,1-2H3. The van der Waals surface area contributed by atoms with Gasteiger partial charge in [0.1, 0.15) is 16.9 Å². The van der Waals surface area contributed by atoms with Gasteiger partial charge in [0, 0.05) is 44.8 Å². The highest BCUT2D eigenvalue weighted by atomic mass is 32.3. The molecule has 43 heavy (non-hydrogen) atoms. The van der Waals surface area contributed by atoms with Gasteiger partial charge in [-0.25, -0.2) is 0 Å². The van der Waals surface area contributed by atoms with E-state index >= 15 is 0 Å². The lowest BCUT2D eigenvalue weighted by atomic mass is 9.65. The van der Waals surface area contributed by atoms with Crippen molar-refractivity contribution in [1.82, 2.24) is 4.31 Å². The Bertz CT molecular complexity index is 1920. The van der Waals surface area contributed by atoms with E-state index in [0.29, 0.717) is 5.92 Å². The van der Waals surface area contributed by atoms with Crippen LogP contribution in [0.3, 0.4) is 0 Å². The summed E-state index contributed by atoms with van der Waals surface area (Å²) in [5.74, 6) is 2.25. The van der Waals surface area contributed by atoms with E-state index in [9.17, 15) is 0 Å². The van der Waals surface area contributed by atoms with Crippen molar-refractivity contribution in [3.05, 3.63) is 145 Å². The topological polar surface area (TPSA) is 15.7 Å². The average molecular weight is 597 g/mol. The number of ether oxygens (including phenoxy) is 1. The maximum Gasteiger partial charge on any atom is 0.143 e. The van der Waals surface area contributed by atoms with Gasteiger partial charge in [-0.2, -0.15) is 0 Å². The van der Waals surface area contributed by atoms with Crippen molar-refractivity contribution < 1.29 is 4.74 Å². The summed E-state index contributed by atoms with van der Waals surface area (Å²) in [5.41, 5.74) is 3.84. The van der Waals surface area contributed by atoms with Crippen LogP contribution in [0.4, 0.5) is 11.4 Å². The quantitative estimate of drug-likeness (QED) is 0.217. The molecule has 0 saturated carbocycles. The van der Waals surface area contributed by atoms with Crippen LogP contribution in [0, 0.1) is 5.92 Å². The summed E-state index contributed by atoms with van der Waals surface area (Å²) in [4.78, 5) is 7.78. The molecule has 5 heteroatoms. The van der Waals surface area contributed by atoms with Crippen LogP contribution in [0.2, 0.25) is 0 Å². The molecule has 1 aliphatic carbocycles. The molecule has 4 aromatic carbocycles. The fourth-order valence-electron chi connectivity index (χ4n) is 7.68. The monoisotopic (exact) mass is 596 g/mol. The van der Waals surface area contributed by atoms with E-state index in [1.807, 2.05) is 11.8 Å². The molecule has 9 rings (SSSR count). The Hall–Kier alpha value is -4.06. The zero-order valence-electron chi connectivity index (χ0n) is 24.1. The fraction of sp³-hybridized carbons (Fsp3) is 0.158. The summed E-state index contributed by atoms with van der Waals surface area (Å²) in [6, 6.07) is 33.9. The van der Waals surface area contributed by atoms with Gasteiger partial charge >= 0.3 is 0 Å². The molecule has 1 spiro atoms. The van der Waals surface area contributed by atoms with Gasteiger partial charge in [-0.15, -0.1) is 0 Å². The Balaban J connectivity index is 1.29. The Labute approximate surface area is 259 Å². The maximum absolute atomic E-state index is 6.88. The molecule has 4 heterocycles. The van der Waals surface area contributed by atoms with Crippen LogP contribution < -0.4 is 9.64 Å². The second-order valence-corrected chi connectivity index (χ2v) is 16.3. The Morgan fingerprint density at radius 2 is 1.47 bits per heavy atom. The van der Waals surface area contributed by atoms with Crippen molar-refractivity contribution in [2.45, 2.75) is 50.3 Å². The van der Waals surface area contributed by atoms with E-state index in [4.69, 9.17) is 4.74 Å². The summed E-state index contributed by atoms with van der Waals surface area (Å²) in [7, 11) is -1.82. The zero-order chi connectivity index (χ0) is 28.8. The fourth-order valence-corrected chi connectivity index (χ4v) is 13.6. The third-order valence-corrected chi connectivity index (χ3v) is 15.0. The van der Waals surface area contributed by atoms with Crippen LogP contribution in [0.25, 0.3) is 0 Å². The molecule has 212 valence electrons. The largest absolute Gasteiger partial charge is 0.455 e. The van der Waals surface area contributed by atoms with Crippen LogP contribution >= 0.6 is 22.0 Å². The van der Waals surface area contributed by atoms with E-state index in [1.54, 1.807) is 0 Å². The number of nitrogens with zero attached hydrogens (tertiary/aromatic N) is 2. The van der Waals surface area contributed by atoms with Crippen molar-refractivity contribution in [1.29, 1.82) is 0 Å². The van der Waals surface area contributed by atoms with Gasteiger partial charge in [-0.1, -0.05) is 115 Å². The Morgan fingerprint density at radius 1 is 0.721 bits per heavy atom. The van der Waals surface area contributed by atoms with Gasteiger partial charge in [0.25, 0.3) is 0 Å². The first-order chi connectivity index (χ1) is 21.1. The van der Waals surface area contributed by atoms with Crippen LogP contribution in [0.5, 0.6) is 11.5 Å². The minimum atomic E-state index is -1.82. The van der Waals surface area contributed by atoms with E-state index in [0.717, 1.165) is 17.2 Å². The normalized spacial score (nSPS) is 28.0. The third-order valence-electron chi connectivity index (χ3n) is 9.61. The molecule has 0 aromatic heterocycles. The lowest BCUT2D eigenvalue weighted by molar-refractivity contribution is 0.332. The van der Waals surface area contributed by atoms with E-state index < -0.39 is 10.2 Å². The second kappa shape index (κ2) is 9.22. The van der Waals surface area contributed by atoms with Crippen LogP contribution in [-0.4, -0.2) is 15.7 Å². The third kappa shape index (κ3) is 3.41. The highest BCUT2D eigenvalue weighted by Gasteiger charge is 2.50. The summed E-state index contributed by atoms with van der Waals surface area (Å²) in [6.07, 6.45) is 18.2. The highest BCUT2D eigenvalue weighted by molar-refractivity contribution is 8.33. The minimum Gasteiger partial charge on any atom is -0.455 e. The SMILES string of the molecule is CC1(C)c2ccccc2N(c2ccc3c(c2)Oc2ccccc2S32c3ccccc3SC3C=CC=CN32)C2C=CC=CC21. The molecule has 0 bridgehead atoms. The number of benzene rings is 4. The van der Waals surface area contributed by atoms with Gasteiger partial charge < -0.3 is 13.9 Å². The molecule has 0 radical (unpaired) electrons. The number of fused-ring (bicyclic) bond motifs is 10. The summed E-state index contributed by atoms with van der Waals surface area (Å²) in [6.45, 7) is 4.78. The van der Waals surface area contributed by atoms with Crippen molar-refractivity contribution in [3.8, 4) is 11.5 Å². The van der Waals surface area contributed by atoms with Crippen LogP contribution in [0.1, 0.15) is 19.4 Å². The zero-order valence-corrected chi connectivity index (χ0v) is 25.8. The number of thioether (sulfide) groups is 1. The van der Waals surface area contributed by atoms with Gasteiger partial charge in [-0.3, -0.25) is 0 Å². The highest BCUT2D eigenvalue weighted by Crippen LogP contribution is 2.81. The molecule has 4 unspecified atom stereocenters. The first-order valence-corrected chi connectivity index (χ1v) is 17.4. The molecular formula is C38H32N2OS2. The molecule has 4 aromatic rings. The van der Waals surface area contributed by atoms with Crippen LogP contribution in [-0.2, 0) is 5.41 Å². The maximum atomic E-state index is 6.88. The van der Waals surface area contributed by atoms with Crippen molar-refractivity contribution >= 4 is 33.4 Å². The van der Waals surface area contributed by atoms with Crippen LogP contribution in [0.15, 0.2) is 159 Å². The number of anilines is 2. The average Bonchev–Trinajstić information content (AvgIpc) is 3.05. The molecule has 3 nitrogen and oxygen atoms in total. The molecule has 4 aliphatic heterocycles. The summed E-state index contributed by atoms with van der Waals surface area (Å²) in [5, 5.41) is 0.213. The predicted molar refractivity (Wildman–Crippen MR) is 179 cm³/mol. The number of allylic oxidation sites excluding steroid dienone is 4. The van der Waals surface area contributed by atoms with Crippen molar-refractivity contribution in [2.75, 3.05) is 4.90 Å². The minimum absolute atomic E-state index is 0.0173. The summed E-state index contributed by atoms with van der Waals surface area (Å²) >= 11 is 1.93. The van der Waals surface area contributed by atoms with E-state index in [-0.39, 0.29) is 16.8 Å². The molecule has 4 atom stereocenters. The first kappa shape index (κ1) is 25.4. The smallest absolute Gasteiger partial charge is 0.143 e. The molecule has 0 fully saturated rings. The van der Waals surface area contributed by atoms with E-state index in [2.05, 4.69) is 163 Å². The predicted octanol–water partition coefficient (Wildman–Crippen LogP) is 10.3. The van der Waals surface area contributed by atoms with Gasteiger partial charge in [0.2, 0.25) is 0 Å². The first-order valence-electron chi connectivity index (χ1n) is 15.0. The molecule has 0 amide bonds.